The maximum atomic E-state index is 12.5. The van der Waals surface area contributed by atoms with E-state index in [2.05, 4.69) is 5.16 Å². The normalized spacial score (nSPS) is 33.2. The molecule has 2 heterocycles. The highest BCUT2D eigenvalue weighted by Crippen LogP contribution is 2.43. The lowest BCUT2D eigenvalue weighted by Gasteiger charge is -2.43. The van der Waals surface area contributed by atoms with E-state index in [0.29, 0.717) is 12.2 Å². The number of ether oxygens (including phenoxy) is 2. The summed E-state index contributed by atoms with van der Waals surface area (Å²) in [5, 5.41) is 3.75. The van der Waals surface area contributed by atoms with Gasteiger partial charge in [-0.2, -0.15) is 0 Å². The van der Waals surface area contributed by atoms with Crippen LogP contribution in [0.3, 0.4) is 0 Å². The Labute approximate surface area is 118 Å². The van der Waals surface area contributed by atoms with E-state index in [0.717, 1.165) is 25.7 Å². The van der Waals surface area contributed by atoms with Crippen molar-refractivity contribution < 1.29 is 18.8 Å². The number of rotatable bonds is 3. The van der Waals surface area contributed by atoms with E-state index in [1.54, 1.807) is 20.3 Å². The molecule has 3 rings (SSSR count). The van der Waals surface area contributed by atoms with Crippen LogP contribution < -0.4 is 0 Å². The van der Waals surface area contributed by atoms with Crippen LogP contribution in [0.5, 0.6) is 0 Å². The largest absolute Gasteiger partial charge is 0.381 e. The van der Waals surface area contributed by atoms with Crippen LogP contribution in [0.15, 0.2) is 16.9 Å². The van der Waals surface area contributed by atoms with Crippen molar-refractivity contribution in [3.63, 3.8) is 0 Å². The van der Waals surface area contributed by atoms with Crippen molar-refractivity contribution in [2.24, 2.45) is 0 Å². The molecular weight excluding hydrogens is 260 g/mol. The molecule has 0 unspecified atom stereocenters. The minimum absolute atomic E-state index is 0.0513. The van der Waals surface area contributed by atoms with Crippen LogP contribution in [-0.4, -0.2) is 54.5 Å². The molecule has 1 amide bonds. The first-order valence-corrected chi connectivity index (χ1v) is 6.99. The van der Waals surface area contributed by atoms with E-state index in [1.165, 1.54) is 6.26 Å². The molecule has 1 aliphatic carbocycles. The molecule has 1 aliphatic heterocycles. The van der Waals surface area contributed by atoms with Crippen LogP contribution in [0, 0.1) is 0 Å². The van der Waals surface area contributed by atoms with Gasteiger partial charge in [0.25, 0.3) is 5.91 Å². The zero-order chi connectivity index (χ0) is 14.2. The minimum Gasteiger partial charge on any atom is -0.381 e. The molecule has 0 radical (unpaired) electrons. The lowest BCUT2D eigenvalue weighted by atomic mass is 9.79. The van der Waals surface area contributed by atoms with E-state index in [4.69, 9.17) is 14.0 Å². The van der Waals surface area contributed by atoms with Crippen LogP contribution in [0.4, 0.5) is 0 Å². The molecule has 0 aromatic carbocycles. The Kier molecular flexibility index (Phi) is 3.52. The zero-order valence-electron chi connectivity index (χ0n) is 11.9. The number of fused-ring (bicyclic) bond motifs is 1. The van der Waals surface area contributed by atoms with Gasteiger partial charge in [-0.3, -0.25) is 4.79 Å². The first-order chi connectivity index (χ1) is 9.70. The van der Waals surface area contributed by atoms with Crippen molar-refractivity contribution in [3.05, 3.63) is 18.0 Å². The molecule has 0 bridgehead atoms. The molecule has 0 spiro atoms. The fraction of sp³-hybridized carbons (Fsp3) is 0.714. The second-order valence-corrected chi connectivity index (χ2v) is 5.55. The molecule has 3 atom stereocenters. The average molecular weight is 280 g/mol. The molecule has 1 aromatic rings. The smallest absolute Gasteiger partial charge is 0.276 e. The molecule has 20 heavy (non-hydrogen) atoms. The predicted octanol–water partition coefficient (Wildman–Crippen LogP) is 1.47. The molecule has 110 valence electrons. The Hall–Kier alpha value is -1.40. The number of nitrogens with zero attached hydrogens (tertiary/aromatic N) is 2. The highest BCUT2D eigenvalue weighted by Gasteiger charge is 2.52. The molecular formula is C14H20N2O4. The molecule has 1 saturated carbocycles. The quantitative estimate of drug-likeness (QED) is 0.839. The highest BCUT2D eigenvalue weighted by atomic mass is 16.5. The van der Waals surface area contributed by atoms with Crippen LogP contribution >= 0.6 is 0 Å². The van der Waals surface area contributed by atoms with E-state index < -0.39 is 0 Å². The Bertz CT molecular complexity index is 476. The number of carbonyl (C=O) groups is 1. The Morgan fingerprint density at radius 2 is 2.35 bits per heavy atom. The summed E-state index contributed by atoms with van der Waals surface area (Å²) >= 11 is 0. The van der Waals surface area contributed by atoms with Gasteiger partial charge in [0.15, 0.2) is 5.69 Å². The first-order valence-electron chi connectivity index (χ1n) is 6.99. The van der Waals surface area contributed by atoms with Gasteiger partial charge in [0.05, 0.1) is 17.7 Å². The standard InChI is InChI=1S/C14H20N2O4/c1-18-10-3-5-14(19-2)6-7-16(12(14)9-10)13(17)11-4-8-20-15-11/h4,8,10,12H,3,5-7,9H2,1-2H3/t10-,12-,14+/m1/s1. The average Bonchev–Trinajstić information content (AvgIpc) is 3.13. The van der Waals surface area contributed by atoms with Gasteiger partial charge in [0.1, 0.15) is 6.26 Å². The summed E-state index contributed by atoms with van der Waals surface area (Å²) in [5.41, 5.74) is 0.130. The van der Waals surface area contributed by atoms with Crippen LogP contribution in [-0.2, 0) is 9.47 Å². The monoisotopic (exact) mass is 280 g/mol. The van der Waals surface area contributed by atoms with E-state index >= 15 is 0 Å². The summed E-state index contributed by atoms with van der Waals surface area (Å²) in [6.07, 6.45) is 5.20. The number of carbonyl (C=O) groups excluding carboxylic acids is 1. The summed E-state index contributed by atoms with van der Waals surface area (Å²) in [7, 11) is 3.47. The number of amides is 1. The lowest BCUT2D eigenvalue weighted by molar-refractivity contribution is -0.0894. The summed E-state index contributed by atoms with van der Waals surface area (Å²) < 4.78 is 16.1. The summed E-state index contributed by atoms with van der Waals surface area (Å²) in [5.74, 6) is -0.0839. The Morgan fingerprint density at radius 1 is 1.50 bits per heavy atom. The number of methoxy groups -OCH3 is 2. The van der Waals surface area contributed by atoms with Crippen molar-refractivity contribution >= 4 is 5.91 Å². The van der Waals surface area contributed by atoms with Crippen LogP contribution in [0.25, 0.3) is 0 Å². The molecule has 1 saturated heterocycles. The molecule has 2 fully saturated rings. The van der Waals surface area contributed by atoms with Gasteiger partial charge in [-0.15, -0.1) is 0 Å². The van der Waals surface area contributed by atoms with Gasteiger partial charge in [-0.25, -0.2) is 0 Å². The third kappa shape index (κ3) is 2.03. The Balaban J connectivity index is 1.84. The van der Waals surface area contributed by atoms with E-state index in [1.807, 2.05) is 4.90 Å². The molecule has 2 aliphatic rings. The van der Waals surface area contributed by atoms with Gasteiger partial charge in [0, 0.05) is 26.8 Å². The van der Waals surface area contributed by atoms with E-state index in [9.17, 15) is 4.79 Å². The SMILES string of the molecule is CO[C@@H]1CC[C@]2(OC)CCN(C(=O)c3ccon3)[C@@H]2C1. The predicted molar refractivity (Wildman–Crippen MR) is 70.3 cm³/mol. The van der Waals surface area contributed by atoms with Gasteiger partial charge < -0.3 is 18.9 Å². The number of hydrogen-bond donors (Lipinski definition) is 0. The summed E-state index contributed by atoms with van der Waals surface area (Å²) in [6.45, 7) is 0.695. The number of aromatic nitrogens is 1. The van der Waals surface area contributed by atoms with Crippen molar-refractivity contribution in [2.75, 3.05) is 20.8 Å². The van der Waals surface area contributed by atoms with Gasteiger partial charge in [0.2, 0.25) is 0 Å². The fourth-order valence-electron chi connectivity index (χ4n) is 3.59. The van der Waals surface area contributed by atoms with Crippen molar-refractivity contribution in [1.82, 2.24) is 10.1 Å². The molecule has 0 N–H and O–H groups in total. The second-order valence-electron chi connectivity index (χ2n) is 5.55. The van der Waals surface area contributed by atoms with Gasteiger partial charge in [-0.1, -0.05) is 5.16 Å². The first kappa shape index (κ1) is 13.6. The van der Waals surface area contributed by atoms with Crippen molar-refractivity contribution in [2.45, 2.75) is 43.4 Å². The molecule has 1 aromatic heterocycles. The Morgan fingerprint density at radius 3 is 3.00 bits per heavy atom. The second kappa shape index (κ2) is 5.18. The molecule has 6 heteroatoms. The van der Waals surface area contributed by atoms with Crippen molar-refractivity contribution in [3.8, 4) is 0 Å². The lowest BCUT2D eigenvalue weighted by Crippen LogP contribution is -2.53. The molecule has 6 nitrogen and oxygen atoms in total. The number of likely N-dealkylation sites (tertiary alicyclic amines) is 1. The van der Waals surface area contributed by atoms with E-state index in [-0.39, 0.29) is 23.7 Å². The third-order valence-electron chi connectivity index (χ3n) is 4.79. The summed E-state index contributed by atoms with van der Waals surface area (Å²) in [6, 6.07) is 1.65. The highest BCUT2D eigenvalue weighted by molar-refractivity contribution is 5.92. The van der Waals surface area contributed by atoms with Gasteiger partial charge >= 0.3 is 0 Å². The number of hydrogen-bond acceptors (Lipinski definition) is 5. The zero-order valence-corrected chi connectivity index (χ0v) is 11.9. The summed E-state index contributed by atoms with van der Waals surface area (Å²) in [4.78, 5) is 14.4. The van der Waals surface area contributed by atoms with Gasteiger partial charge in [-0.05, 0) is 25.7 Å². The third-order valence-corrected chi connectivity index (χ3v) is 4.79. The van der Waals surface area contributed by atoms with Crippen molar-refractivity contribution in [1.29, 1.82) is 0 Å². The van der Waals surface area contributed by atoms with Crippen LogP contribution in [0.1, 0.15) is 36.2 Å². The van der Waals surface area contributed by atoms with Crippen LogP contribution in [0.2, 0.25) is 0 Å². The minimum atomic E-state index is -0.228. The fourth-order valence-corrected chi connectivity index (χ4v) is 3.59. The maximum absolute atomic E-state index is 12.5. The topological polar surface area (TPSA) is 64.8 Å². The maximum Gasteiger partial charge on any atom is 0.276 e.